The van der Waals surface area contributed by atoms with Crippen LogP contribution in [0.1, 0.15) is 16.7 Å². The molecule has 134 valence electrons. The van der Waals surface area contributed by atoms with Crippen LogP contribution >= 0.6 is 0 Å². The molecule has 2 N–H and O–H groups in total. The molecule has 2 aromatic carbocycles. The molecule has 0 saturated heterocycles. The zero-order valence-corrected chi connectivity index (χ0v) is 14.0. The zero-order valence-electron chi connectivity index (χ0n) is 14.0. The summed E-state index contributed by atoms with van der Waals surface area (Å²) in [6.45, 7) is 2.57. The van der Waals surface area contributed by atoms with E-state index in [9.17, 15) is 13.2 Å². The summed E-state index contributed by atoms with van der Waals surface area (Å²) in [4.78, 5) is 8.43. The molecule has 0 aliphatic carbocycles. The van der Waals surface area contributed by atoms with Crippen molar-refractivity contribution in [2.24, 2.45) is 0 Å². The molecule has 0 saturated carbocycles. The lowest BCUT2D eigenvalue weighted by molar-refractivity contribution is -0.137. The first kappa shape index (κ1) is 17.7. The van der Waals surface area contributed by atoms with Crippen LogP contribution in [0.25, 0.3) is 0 Å². The Labute approximate surface area is 149 Å². The lowest BCUT2D eigenvalue weighted by Crippen LogP contribution is -2.07. The summed E-state index contributed by atoms with van der Waals surface area (Å²) in [6, 6.07) is 14.5. The van der Waals surface area contributed by atoms with E-state index in [1.807, 2.05) is 31.2 Å². The molecule has 26 heavy (non-hydrogen) atoms. The van der Waals surface area contributed by atoms with Crippen molar-refractivity contribution in [3.05, 3.63) is 77.5 Å². The fraction of sp³-hybridized carbons (Fsp3) is 0.158. The summed E-state index contributed by atoms with van der Waals surface area (Å²) in [5.74, 6) is 0.803. The van der Waals surface area contributed by atoms with E-state index in [-0.39, 0.29) is 0 Å². The van der Waals surface area contributed by atoms with Crippen molar-refractivity contribution in [1.82, 2.24) is 9.97 Å². The number of halogens is 3. The van der Waals surface area contributed by atoms with E-state index in [4.69, 9.17) is 0 Å². The summed E-state index contributed by atoms with van der Waals surface area (Å²) >= 11 is 0. The van der Waals surface area contributed by atoms with Crippen molar-refractivity contribution >= 4 is 17.5 Å². The molecule has 0 bridgehead atoms. The van der Waals surface area contributed by atoms with Crippen molar-refractivity contribution in [3.63, 3.8) is 0 Å². The predicted molar refractivity (Wildman–Crippen MR) is 95.3 cm³/mol. The predicted octanol–water partition coefficient (Wildman–Crippen LogP) is 5.16. The Kier molecular flexibility index (Phi) is 5.06. The van der Waals surface area contributed by atoms with Gasteiger partial charge in [0.2, 0.25) is 5.95 Å². The summed E-state index contributed by atoms with van der Waals surface area (Å²) in [5, 5.41) is 6.00. The van der Waals surface area contributed by atoms with Gasteiger partial charge in [-0.2, -0.15) is 18.2 Å². The molecule has 7 heteroatoms. The monoisotopic (exact) mass is 358 g/mol. The van der Waals surface area contributed by atoms with Crippen LogP contribution in [0.2, 0.25) is 0 Å². The van der Waals surface area contributed by atoms with Crippen molar-refractivity contribution in [2.45, 2.75) is 19.6 Å². The molecule has 3 aromatic rings. The van der Waals surface area contributed by atoms with Gasteiger partial charge in [0.1, 0.15) is 5.82 Å². The van der Waals surface area contributed by atoms with E-state index in [1.165, 1.54) is 6.07 Å². The maximum Gasteiger partial charge on any atom is 0.416 e. The van der Waals surface area contributed by atoms with Gasteiger partial charge < -0.3 is 10.6 Å². The smallest absolute Gasteiger partial charge is 0.350 e. The summed E-state index contributed by atoms with van der Waals surface area (Å²) in [5.41, 5.74) is 1.86. The average Bonchev–Trinajstić information content (AvgIpc) is 2.61. The number of anilines is 3. The quantitative estimate of drug-likeness (QED) is 0.661. The molecule has 1 heterocycles. The Morgan fingerprint density at radius 3 is 2.58 bits per heavy atom. The third-order valence-electron chi connectivity index (χ3n) is 3.82. The Morgan fingerprint density at radius 2 is 1.81 bits per heavy atom. The molecule has 0 aliphatic heterocycles. The first-order valence-corrected chi connectivity index (χ1v) is 7.97. The number of hydrogen-bond acceptors (Lipinski definition) is 4. The molecule has 0 fully saturated rings. The number of nitrogens with one attached hydrogen (secondary N) is 2. The van der Waals surface area contributed by atoms with E-state index in [0.29, 0.717) is 24.0 Å². The maximum absolute atomic E-state index is 12.8. The summed E-state index contributed by atoms with van der Waals surface area (Å²) < 4.78 is 38.4. The second-order valence-electron chi connectivity index (χ2n) is 5.75. The number of aromatic nitrogens is 2. The van der Waals surface area contributed by atoms with E-state index < -0.39 is 11.7 Å². The van der Waals surface area contributed by atoms with Gasteiger partial charge in [-0.15, -0.1) is 0 Å². The molecule has 0 unspecified atom stereocenters. The Balaban J connectivity index is 1.71. The summed E-state index contributed by atoms with van der Waals surface area (Å²) in [6.07, 6.45) is -2.84. The highest BCUT2D eigenvalue weighted by atomic mass is 19.4. The van der Waals surface area contributed by atoms with Gasteiger partial charge in [-0.25, -0.2) is 4.98 Å². The van der Waals surface area contributed by atoms with Gasteiger partial charge >= 0.3 is 6.18 Å². The normalized spacial score (nSPS) is 11.2. The maximum atomic E-state index is 12.8. The number of benzene rings is 2. The van der Waals surface area contributed by atoms with Crippen LogP contribution in [0.15, 0.2) is 60.8 Å². The second kappa shape index (κ2) is 7.43. The fourth-order valence-electron chi connectivity index (χ4n) is 2.42. The third kappa shape index (κ3) is 4.50. The zero-order chi connectivity index (χ0) is 18.6. The highest BCUT2D eigenvalue weighted by molar-refractivity contribution is 5.58. The van der Waals surface area contributed by atoms with Crippen molar-refractivity contribution in [3.8, 4) is 0 Å². The first-order chi connectivity index (χ1) is 12.4. The molecule has 4 nitrogen and oxygen atoms in total. The topological polar surface area (TPSA) is 49.8 Å². The van der Waals surface area contributed by atoms with Gasteiger partial charge in [0, 0.05) is 18.4 Å². The first-order valence-electron chi connectivity index (χ1n) is 7.97. The molecule has 0 spiro atoms. The molecular formula is C19H17F3N4. The van der Waals surface area contributed by atoms with Gasteiger partial charge in [0.05, 0.1) is 5.56 Å². The highest BCUT2D eigenvalue weighted by Gasteiger charge is 2.30. The largest absolute Gasteiger partial charge is 0.416 e. The molecule has 0 radical (unpaired) electrons. The highest BCUT2D eigenvalue weighted by Crippen LogP contribution is 2.31. The molecule has 1 aromatic heterocycles. The average molecular weight is 358 g/mol. The van der Waals surface area contributed by atoms with Gasteiger partial charge in [0.15, 0.2) is 0 Å². The Morgan fingerprint density at radius 1 is 1.00 bits per heavy atom. The minimum atomic E-state index is -4.39. The summed E-state index contributed by atoms with van der Waals surface area (Å²) in [7, 11) is 0. The van der Waals surface area contributed by atoms with Crippen molar-refractivity contribution < 1.29 is 13.2 Å². The lowest BCUT2D eigenvalue weighted by Gasteiger charge is -2.11. The van der Waals surface area contributed by atoms with E-state index in [2.05, 4.69) is 20.6 Å². The molecule has 3 rings (SSSR count). The van der Waals surface area contributed by atoms with Gasteiger partial charge in [-0.1, -0.05) is 30.3 Å². The van der Waals surface area contributed by atoms with Crippen LogP contribution < -0.4 is 10.6 Å². The van der Waals surface area contributed by atoms with Crippen LogP contribution in [-0.4, -0.2) is 9.97 Å². The van der Waals surface area contributed by atoms with Gasteiger partial charge in [-0.05, 0) is 42.3 Å². The Bertz CT molecular complexity index is 894. The molecule has 0 atom stereocenters. The van der Waals surface area contributed by atoms with Crippen LogP contribution in [0.4, 0.5) is 30.6 Å². The van der Waals surface area contributed by atoms with Crippen molar-refractivity contribution in [1.29, 1.82) is 0 Å². The molecule has 0 amide bonds. The second-order valence-corrected chi connectivity index (χ2v) is 5.75. The van der Waals surface area contributed by atoms with E-state index in [1.54, 1.807) is 18.3 Å². The van der Waals surface area contributed by atoms with E-state index in [0.717, 1.165) is 23.3 Å². The minimum absolute atomic E-state index is 0.309. The number of rotatable bonds is 5. The van der Waals surface area contributed by atoms with Crippen LogP contribution in [-0.2, 0) is 12.7 Å². The lowest BCUT2D eigenvalue weighted by atomic mass is 10.1. The molecule has 0 aliphatic rings. The fourth-order valence-corrected chi connectivity index (χ4v) is 2.42. The number of alkyl halides is 3. The number of nitrogens with zero attached hydrogens (tertiary/aromatic N) is 2. The van der Waals surface area contributed by atoms with Crippen LogP contribution in [0.3, 0.4) is 0 Å². The minimum Gasteiger partial charge on any atom is -0.350 e. The number of aryl methyl sites for hydroxylation is 1. The van der Waals surface area contributed by atoms with Gasteiger partial charge in [0.25, 0.3) is 0 Å². The molecular weight excluding hydrogens is 341 g/mol. The van der Waals surface area contributed by atoms with Gasteiger partial charge in [-0.3, -0.25) is 0 Å². The van der Waals surface area contributed by atoms with Crippen molar-refractivity contribution in [2.75, 3.05) is 10.6 Å². The third-order valence-corrected chi connectivity index (χ3v) is 3.82. The number of hydrogen-bond donors (Lipinski definition) is 2. The SMILES string of the molecule is Cc1ccccc1CNc1nccc(Nc2cccc(C(F)(F)F)c2)n1. The Hall–Kier alpha value is -3.09. The van der Waals surface area contributed by atoms with E-state index >= 15 is 0 Å². The van der Waals surface area contributed by atoms with Crippen LogP contribution in [0.5, 0.6) is 0 Å². The van der Waals surface area contributed by atoms with Crippen LogP contribution in [0, 0.1) is 6.92 Å². The standard InChI is InChI=1S/C19H17F3N4/c1-13-5-2-3-6-14(13)12-24-18-23-10-9-17(26-18)25-16-8-4-7-15(11-16)19(20,21)22/h2-11H,12H2,1H3,(H2,23,24,25,26).